The molecule has 1 saturated heterocycles. The summed E-state index contributed by atoms with van der Waals surface area (Å²) >= 11 is 0. The van der Waals surface area contributed by atoms with Crippen LogP contribution < -0.4 is 11.5 Å². The number of nitrogens with two attached hydrogens (primary N) is 1. The highest BCUT2D eigenvalue weighted by Gasteiger charge is 2.45. The lowest BCUT2D eigenvalue weighted by molar-refractivity contribution is -0.0797. The zero-order valence-corrected chi connectivity index (χ0v) is 10.6. The molecule has 1 atom stereocenters. The fourth-order valence-electron chi connectivity index (χ4n) is 2.53. The first-order valence-electron chi connectivity index (χ1n) is 6.13. The smallest absolute Gasteiger partial charge is 0.408 e. The fraction of sp³-hybridized carbons (Fsp3) is 0.462. The van der Waals surface area contributed by atoms with Crippen LogP contribution >= 0.6 is 0 Å². The Morgan fingerprint density at radius 3 is 2.84 bits per heavy atom. The van der Waals surface area contributed by atoms with Crippen LogP contribution in [0.15, 0.2) is 27.4 Å². The van der Waals surface area contributed by atoms with E-state index in [9.17, 15) is 9.90 Å². The van der Waals surface area contributed by atoms with E-state index in [0.717, 1.165) is 11.1 Å². The Morgan fingerprint density at radius 1 is 1.53 bits per heavy atom. The Balaban J connectivity index is 2.14. The Kier molecular flexibility index (Phi) is 2.74. The molecule has 0 aliphatic carbocycles. The van der Waals surface area contributed by atoms with Gasteiger partial charge >= 0.3 is 5.76 Å². The number of fused-ring (bicyclic) bond motifs is 1. The van der Waals surface area contributed by atoms with Crippen molar-refractivity contribution in [2.24, 2.45) is 12.8 Å². The van der Waals surface area contributed by atoms with Crippen LogP contribution in [0.4, 0.5) is 0 Å². The van der Waals surface area contributed by atoms with Crippen molar-refractivity contribution in [2.75, 3.05) is 19.8 Å². The van der Waals surface area contributed by atoms with Crippen molar-refractivity contribution in [1.82, 2.24) is 4.57 Å². The van der Waals surface area contributed by atoms with Crippen LogP contribution in [-0.2, 0) is 17.2 Å². The molecule has 0 bridgehead atoms. The van der Waals surface area contributed by atoms with Crippen molar-refractivity contribution in [3.8, 4) is 0 Å². The summed E-state index contributed by atoms with van der Waals surface area (Å²) in [5, 5.41) is 9.31. The van der Waals surface area contributed by atoms with Crippen LogP contribution in [0.25, 0.3) is 11.1 Å². The number of hydrogen-bond donors (Lipinski definition) is 2. The molecule has 0 saturated carbocycles. The number of nitrogens with zero attached hydrogens (tertiary/aromatic N) is 1. The SMILES string of the molecule is Cn1c(=O)oc2ccc(C3(C(N)CO)COC3)cc21. The van der Waals surface area contributed by atoms with Gasteiger partial charge in [-0.15, -0.1) is 0 Å². The summed E-state index contributed by atoms with van der Waals surface area (Å²) in [6, 6.07) is 5.14. The minimum atomic E-state index is -0.391. The second kappa shape index (κ2) is 4.19. The topological polar surface area (TPSA) is 90.6 Å². The largest absolute Gasteiger partial charge is 0.419 e. The number of aliphatic hydroxyl groups excluding tert-OH is 1. The molecule has 102 valence electrons. The van der Waals surface area contributed by atoms with Crippen molar-refractivity contribution < 1.29 is 14.3 Å². The van der Waals surface area contributed by atoms with Crippen LogP contribution in [-0.4, -0.2) is 35.5 Å². The number of ether oxygens (including phenoxy) is 1. The van der Waals surface area contributed by atoms with Crippen LogP contribution in [0.1, 0.15) is 5.56 Å². The highest BCUT2D eigenvalue weighted by Crippen LogP contribution is 2.36. The maximum Gasteiger partial charge on any atom is 0.419 e. The average Bonchev–Trinajstić information content (AvgIpc) is 2.64. The predicted octanol–water partition coefficient (Wildman–Crippen LogP) is -0.281. The number of benzene rings is 1. The summed E-state index contributed by atoms with van der Waals surface area (Å²) in [7, 11) is 1.66. The van der Waals surface area contributed by atoms with Crippen LogP contribution in [0.5, 0.6) is 0 Å². The number of aromatic nitrogens is 1. The van der Waals surface area contributed by atoms with E-state index in [1.54, 1.807) is 13.1 Å². The highest BCUT2D eigenvalue weighted by atomic mass is 16.5. The van der Waals surface area contributed by atoms with E-state index >= 15 is 0 Å². The summed E-state index contributed by atoms with van der Waals surface area (Å²) < 4.78 is 11.8. The molecule has 1 unspecified atom stereocenters. The van der Waals surface area contributed by atoms with E-state index in [-0.39, 0.29) is 18.1 Å². The maximum absolute atomic E-state index is 11.5. The monoisotopic (exact) mass is 264 g/mol. The Bertz CT molecular complexity index is 669. The van der Waals surface area contributed by atoms with E-state index in [0.29, 0.717) is 18.8 Å². The van der Waals surface area contributed by atoms with Gasteiger partial charge in [0, 0.05) is 13.1 Å². The number of oxazole rings is 1. The van der Waals surface area contributed by atoms with Gasteiger partial charge in [-0.2, -0.15) is 0 Å². The van der Waals surface area contributed by atoms with Gasteiger partial charge in [0.15, 0.2) is 5.58 Å². The lowest BCUT2D eigenvalue weighted by Gasteiger charge is -2.45. The maximum atomic E-state index is 11.5. The van der Waals surface area contributed by atoms with Gasteiger partial charge in [-0.3, -0.25) is 4.57 Å². The van der Waals surface area contributed by atoms with E-state index in [4.69, 9.17) is 14.9 Å². The predicted molar refractivity (Wildman–Crippen MR) is 69.0 cm³/mol. The molecule has 6 heteroatoms. The van der Waals surface area contributed by atoms with Crippen LogP contribution in [0.2, 0.25) is 0 Å². The van der Waals surface area contributed by atoms with Crippen molar-refractivity contribution in [1.29, 1.82) is 0 Å². The van der Waals surface area contributed by atoms with E-state index < -0.39 is 5.76 Å². The van der Waals surface area contributed by atoms with Gasteiger partial charge in [0.25, 0.3) is 0 Å². The van der Waals surface area contributed by atoms with Gasteiger partial charge in [-0.1, -0.05) is 6.07 Å². The summed E-state index contributed by atoms with van der Waals surface area (Å²) in [6.45, 7) is 0.851. The molecule has 1 aromatic heterocycles. The zero-order valence-electron chi connectivity index (χ0n) is 10.6. The Labute approximate surface area is 109 Å². The normalized spacial score (nSPS) is 19.3. The first-order valence-corrected chi connectivity index (χ1v) is 6.13. The quantitative estimate of drug-likeness (QED) is 0.795. The lowest BCUT2D eigenvalue weighted by Crippen LogP contribution is -2.60. The van der Waals surface area contributed by atoms with Gasteiger partial charge < -0.3 is 20.0 Å². The molecule has 1 fully saturated rings. The number of rotatable bonds is 3. The molecule has 2 aromatic rings. The van der Waals surface area contributed by atoms with Crippen molar-refractivity contribution >= 4 is 11.1 Å². The Morgan fingerprint density at radius 2 is 2.26 bits per heavy atom. The van der Waals surface area contributed by atoms with Gasteiger partial charge in [0.2, 0.25) is 0 Å². The zero-order chi connectivity index (χ0) is 13.6. The van der Waals surface area contributed by atoms with E-state index in [1.807, 2.05) is 12.1 Å². The molecule has 0 amide bonds. The second-order valence-corrected chi connectivity index (χ2v) is 5.05. The van der Waals surface area contributed by atoms with Gasteiger partial charge in [0.05, 0.1) is 30.8 Å². The van der Waals surface area contributed by atoms with Crippen molar-refractivity contribution in [3.63, 3.8) is 0 Å². The Hall–Kier alpha value is -1.63. The third kappa shape index (κ3) is 1.64. The minimum absolute atomic E-state index is 0.105. The number of hydrogen-bond acceptors (Lipinski definition) is 5. The molecule has 19 heavy (non-hydrogen) atoms. The number of aryl methyl sites for hydroxylation is 1. The van der Waals surface area contributed by atoms with Crippen molar-refractivity contribution in [3.05, 3.63) is 34.3 Å². The molecule has 2 heterocycles. The summed E-state index contributed by atoms with van der Waals surface area (Å²) in [5.74, 6) is -0.391. The molecule has 3 rings (SSSR count). The third-order valence-electron chi connectivity index (χ3n) is 3.99. The molecule has 6 nitrogen and oxygen atoms in total. The van der Waals surface area contributed by atoms with Gasteiger partial charge in [-0.25, -0.2) is 4.79 Å². The molecular formula is C13H16N2O4. The third-order valence-corrected chi connectivity index (χ3v) is 3.99. The second-order valence-electron chi connectivity index (χ2n) is 5.05. The van der Waals surface area contributed by atoms with Gasteiger partial charge in [-0.05, 0) is 17.7 Å². The minimum Gasteiger partial charge on any atom is -0.408 e. The molecule has 0 radical (unpaired) electrons. The summed E-state index contributed by atoms with van der Waals surface area (Å²) in [6.07, 6.45) is 0. The van der Waals surface area contributed by atoms with Gasteiger partial charge in [0.1, 0.15) is 0 Å². The fourth-order valence-corrected chi connectivity index (χ4v) is 2.53. The standard InChI is InChI=1S/C13H16N2O4/c1-15-9-4-8(2-3-10(9)19-12(15)17)13(6-18-7-13)11(14)5-16/h2-4,11,16H,5-7,14H2,1H3. The first kappa shape index (κ1) is 12.4. The van der Waals surface area contributed by atoms with E-state index in [1.165, 1.54) is 4.57 Å². The lowest BCUT2D eigenvalue weighted by atomic mass is 9.73. The summed E-state index contributed by atoms with van der Waals surface area (Å²) in [4.78, 5) is 11.5. The molecule has 0 spiro atoms. The highest BCUT2D eigenvalue weighted by molar-refractivity contribution is 5.74. The average molecular weight is 264 g/mol. The molecule has 1 aliphatic rings. The molecule has 1 aromatic carbocycles. The molecule has 1 aliphatic heterocycles. The number of aliphatic hydroxyl groups is 1. The molecule has 3 N–H and O–H groups in total. The summed E-state index contributed by atoms with van der Waals surface area (Å²) in [5.41, 5.74) is 7.86. The van der Waals surface area contributed by atoms with Crippen LogP contribution in [0.3, 0.4) is 0 Å². The van der Waals surface area contributed by atoms with Crippen molar-refractivity contribution in [2.45, 2.75) is 11.5 Å². The molecular weight excluding hydrogens is 248 g/mol. The van der Waals surface area contributed by atoms with E-state index in [2.05, 4.69) is 0 Å². The first-order chi connectivity index (χ1) is 9.08. The van der Waals surface area contributed by atoms with Crippen LogP contribution in [0, 0.1) is 0 Å².